The zero-order chi connectivity index (χ0) is 16.1. The van der Waals surface area contributed by atoms with E-state index in [-0.39, 0.29) is 11.8 Å². The van der Waals surface area contributed by atoms with Gasteiger partial charge >= 0.3 is 0 Å². The Kier molecular flexibility index (Phi) is 5.48. The molecule has 23 heavy (non-hydrogen) atoms. The highest BCUT2D eigenvalue weighted by Crippen LogP contribution is 2.19. The van der Waals surface area contributed by atoms with E-state index in [0.29, 0.717) is 19.6 Å². The monoisotopic (exact) mass is 331 g/mol. The average molecular weight is 331 g/mol. The minimum absolute atomic E-state index is 0.102. The lowest BCUT2D eigenvalue weighted by Crippen LogP contribution is -2.45. The molecule has 2 heterocycles. The molecule has 1 aromatic heterocycles. The van der Waals surface area contributed by atoms with Crippen LogP contribution in [0.15, 0.2) is 30.3 Å². The number of ketones is 1. The summed E-state index contributed by atoms with van der Waals surface area (Å²) in [7, 11) is 0. The normalized spacial score (nSPS) is 18.9. The van der Waals surface area contributed by atoms with Crippen molar-refractivity contribution in [3.05, 3.63) is 45.9 Å². The van der Waals surface area contributed by atoms with Crippen molar-refractivity contribution in [1.82, 2.24) is 15.1 Å². The van der Waals surface area contributed by atoms with Crippen LogP contribution in [0.4, 0.5) is 0 Å². The number of carbonyl (C=O) groups excluding carboxylic acids is 1. The van der Waals surface area contributed by atoms with Crippen LogP contribution in [0, 0.1) is 0 Å². The Morgan fingerprint density at radius 2 is 2.09 bits per heavy atom. The fourth-order valence-corrected chi connectivity index (χ4v) is 3.52. The third kappa shape index (κ3) is 4.22. The standard InChI is InChI=1S/C17H21N3O2S/c1-2-16-18-19-17(23-16)11-20-8-9-22-12-14(20)10-15(21)13-6-4-3-5-7-13/h3-7,14H,2,8-12H2,1H3. The molecule has 2 aromatic rings. The molecular weight excluding hydrogens is 310 g/mol. The summed E-state index contributed by atoms with van der Waals surface area (Å²) in [6.45, 7) is 4.95. The molecule has 0 aliphatic carbocycles. The lowest BCUT2D eigenvalue weighted by atomic mass is 10.0. The van der Waals surface area contributed by atoms with Gasteiger partial charge in [-0.1, -0.05) is 37.3 Å². The van der Waals surface area contributed by atoms with Crippen LogP contribution in [-0.2, 0) is 17.7 Å². The second-order valence-electron chi connectivity index (χ2n) is 5.64. The van der Waals surface area contributed by atoms with E-state index in [1.54, 1.807) is 11.3 Å². The summed E-state index contributed by atoms with van der Waals surface area (Å²) in [6.07, 6.45) is 1.39. The molecule has 1 aromatic carbocycles. The Balaban J connectivity index is 1.65. The number of hydrogen-bond donors (Lipinski definition) is 0. The number of morpholine rings is 1. The van der Waals surface area contributed by atoms with E-state index in [0.717, 1.165) is 35.1 Å². The van der Waals surface area contributed by atoms with Crippen LogP contribution in [0.2, 0.25) is 0 Å². The van der Waals surface area contributed by atoms with Gasteiger partial charge in [0, 0.05) is 24.6 Å². The number of aromatic nitrogens is 2. The lowest BCUT2D eigenvalue weighted by molar-refractivity contribution is -0.0126. The van der Waals surface area contributed by atoms with Crippen LogP contribution in [0.1, 0.15) is 33.7 Å². The van der Waals surface area contributed by atoms with E-state index in [4.69, 9.17) is 4.74 Å². The maximum absolute atomic E-state index is 12.5. The van der Waals surface area contributed by atoms with Gasteiger partial charge in [-0.25, -0.2) is 0 Å². The molecule has 1 aliphatic heterocycles. The number of benzene rings is 1. The minimum Gasteiger partial charge on any atom is -0.378 e. The van der Waals surface area contributed by atoms with Crippen molar-refractivity contribution < 1.29 is 9.53 Å². The lowest BCUT2D eigenvalue weighted by Gasteiger charge is -2.34. The second kappa shape index (κ2) is 7.77. The number of nitrogens with zero attached hydrogens (tertiary/aromatic N) is 3. The summed E-state index contributed by atoms with van der Waals surface area (Å²) in [5.41, 5.74) is 0.766. The zero-order valence-corrected chi connectivity index (χ0v) is 14.1. The van der Waals surface area contributed by atoms with Gasteiger partial charge in [0.15, 0.2) is 5.78 Å². The predicted molar refractivity (Wildman–Crippen MR) is 89.7 cm³/mol. The molecule has 1 aliphatic rings. The number of hydrogen-bond acceptors (Lipinski definition) is 6. The van der Waals surface area contributed by atoms with Gasteiger partial charge in [0.25, 0.3) is 0 Å². The van der Waals surface area contributed by atoms with E-state index in [9.17, 15) is 4.79 Å². The summed E-state index contributed by atoms with van der Waals surface area (Å²) in [4.78, 5) is 14.7. The van der Waals surface area contributed by atoms with Crippen LogP contribution >= 0.6 is 11.3 Å². The molecule has 0 bridgehead atoms. The van der Waals surface area contributed by atoms with E-state index < -0.39 is 0 Å². The minimum atomic E-state index is 0.102. The first kappa shape index (κ1) is 16.2. The summed E-state index contributed by atoms with van der Waals surface area (Å²) >= 11 is 1.65. The third-order valence-electron chi connectivity index (χ3n) is 4.02. The van der Waals surface area contributed by atoms with Gasteiger partial charge in [-0.2, -0.15) is 0 Å². The largest absolute Gasteiger partial charge is 0.378 e. The molecule has 1 saturated heterocycles. The van der Waals surface area contributed by atoms with Crippen molar-refractivity contribution in [2.75, 3.05) is 19.8 Å². The fourth-order valence-electron chi connectivity index (χ4n) is 2.71. The van der Waals surface area contributed by atoms with Crippen molar-refractivity contribution in [2.45, 2.75) is 32.4 Å². The van der Waals surface area contributed by atoms with Crippen LogP contribution in [0.3, 0.4) is 0 Å². The Labute approximate surface area is 140 Å². The highest BCUT2D eigenvalue weighted by Gasteiger charge is 2.26. The first-order valence-electron chi connectivity index (χ1n) is 7.97. The first-order chi connectivity index (χ1) is 11.3. The third-order valence-corrected chi connectivity index (χ3v) is 5.07. The van der Waals surface area contributed by atoms with Crippen LogP contribution in [-0.4, -0.2) is 46.7 Å². The topological polar surface area (TPSA) is 55.3 Å². The number of aryl methyl sites for hydroxylation is 1. The first-order valence-corrected chi connectivity index (χ1v) is 8.79. The van der Waals surface area contributed by atoms with Gasteiger partial charge in [-0.15, -0.1) is 21.5 Å². The number of Topliss-reactive ketones (excluding diaryl/α,β-unsaturated/α-hetero) is 1. The van der Waals surface area contributed by atoms with E-state index in [1.807, 2.05) is 30.3 Å². The van der Waals surface area contributed by atoms with Crippen molar-refractivity contribution in [3.63, 3.8) is 0 Å². The van der Waals surface area contributed by atoms with Crippen molar-refractivity contribution in [3.8, 4) is 0 Å². The van der Waals surface area contributed by atoms with Crippen LogP contribution in [0.5, 0.6) is 0 Å². The van der Waals surface area contributed by atoms with Crippen molar-refractivity contribution in [1.29, 1.82) is 0 Å². The summed E-state index contributed by atoms with van der Waals surface area (Å²) in [6, 6.07) is 9.56. The molecule has 1 atom stereocenters. The second-order valence-corrected chi connectivity index (χ2v) is 6.78. The average Bonchev–Trinajstić information content (AvgIpc) is 3.05. The molecule has 6 heteroatoms. The molecule has 0 saturated carbocycles. The van der Waals surface area contributed by atoms with Crippen molar-refractivity contribution in [2.24, 2.45) is 0 Å². The quantitative estimate of drug-likeness (QED) is 0.762. The van der Waals surface area contributed by atoms with Gasteiger partial charge in [-0.3, -0.25) is 9.69 Å². The molecule has 122 valence electrons. The maximum Gasteiger partial charge on any atom is 0.164 e. The molecule has 1 unspecified atom stereocenters. The molecule has 0 radical (unpaired) electrons. The van der Waals surface area contributed by atoms with Crippen molar-refractivity contribution >= 4 is 17.1 Å². The van der Waals surface area contributed by atoms with Gasteiger partial charge in [0.05, 0.1) is 19.8 Å². The highest BCUT2D eigenvalue weighted by molar-refractivity contribution is 7.11. The van der Waals surface area contributed by atoms with E-state index >= 15 is 0 Å². The van der Waals surface area contributed by atoms with E-state index in [2.05, 4.69) is 22.0 Å². The smallest absolute Gasteiger partial charge is 0.164 e. The number of ether oxygens (including phenoxy) is 1. The number of carbonyl (C=O) groups is 1. The Hall–Kier alpha value is -1.63. The Bertz CT molecular complexity index is 644. The molecule has 1 fully saturated rings. The Morgan fingerprint density at radius 3 is 2.83 bits per heavy atom. The molecule has 0 N–H and O–H groups in total. The zero-order valence-electron chi connectivity index (χ0n) is 13.3. The number of rotatable bonds is 6. The summed E-state index contributed by atoms with van der Waals surface area (Å²) in [5, 5.41) is 10.5. The van der Waals surface area contributed by atoms with Gasteiger partial charge in [0.2, 0.25) is 0 Å². The van der Waals surface area contributed by atoms with Gasteiger partial charge in [0.1, 0.15) is 10.0 Å². The fraction of sp³-hybridized carbons (Fsp3) is 0.471. The van der Waals surface area contributed by atoms with Crippen LogP contribution < -0.4 is 0 Å². The summed E-state index contributed by atoms with van der Waals surface area (Å²) in [5.74, 6) is 0.164. The molecule has 3 rings (SSSR count). The maximum atomic E-state index is 12.5. The Morgan fingerprint density at radius 1 is 1.30 bits per heavy atom. The SMILES string of the molecule is CCc1nnc(CN2CCOCC2CC(=O)c2ccccc2)s1. The summed E-state index contributed by atoms with van der Waals surface area (Å²) < 4.78 is 5.59. The highest BCUT2D eigenvalue weighted by atomic mass is 32.1. The van der Waals surface area contributed by atoms with Crippen LogP contribution in [0.25, 0.3) is 0 Å². The van der Waals surface area contributed by atoms with E-state index in [1.165, 1.54) is 0 Å². The molecule has 0 amide bonds. The molecular formula is C17H21N3O2S. The molecule has 0 spiro atoms. The predicted octanol–water partition coefficient (Wildman–Crippen LogP) is 2.57. The van der Waals surface area contributed by atoms with Gasteiger partial charge < -0.3 is 4.74 Å². The molecule has 5 nitrogen and oxygen atoms in total. The van der Waals surface area contributed by atoms with Gasteiger partial charge in [-0.05, 0) is 6.42 Å².